The summed E-state index contributed by atoms with van der Waals surface area (Å²) in [7, 11) is 4.01. The monoisotopic (exact) mass is 313 g/mol. The molecule has 0 aliphatic heterocycles. The highest BCUT2D eigenvalue weighted by Crippen LogP contribution is 2.21. The third kappa shape index (κ3) is 3.35. The molecule has 6 heteroatoms. The molecular weight excluding hydrogens is 294 g/mol. The van der Waals surface area contributed by atoms with Crippen molar-refractivity contribution in [3.8, 4) is 0 Å². The van der Waals surface area contributed by atoms with Crippen molar-refractivity contribution in [2.24, 2.45) is 0 Å². The fourth-order valence-corrected chi connectivity index (χ4v) is 3.00. The summed E-state index contributed by atoms with van der Waals surface area (Å²) in [6.07, 6.45) is 3.62. The molecule has 2 aromatic heterocycles. The van der Waals surface area contributed by atoms with Crippen molar-refractivity contribution in [1.29, 1.82) is 0 Å². The average molecular weight is 313 g/mol. The summed E-state index contributed by atoms with van der Waals surface area (Å²) in [6, 6.07) is 10.3. The number of nitrogens with zero attached hydrogens (tertiary/aromatic N) is 3. The molecule has 114 valence electrons. The summed E-state index contributed by atoms with van der Waals surface area (Å²) < 4.78 is 0. The quantitative estimate of drug-likeness (QED) is 0.735. The Morgan fingerprint density at radius 2 is 2.09 bits per heavy atom. The average Bonchev–Trinajstić information content (AvgIpc) is 3.20. The SMILES string of the molecule is CN(C)c1nc(CN[C@H](c2ccccc2)c2ncc[nH]2)cs1. The van der Waals surface area contributed by atoms with E-state index in [1.807, 2.05) is 43.4 Å². The minimum absolute atomic E-state index is 0.0284. The van der Waals surface area contributed by atoms with Gasteiger partial charge in [-0.15, -0.1) is 11.3 Å². The number of rotatable bonds is 6. The number of hydrogen-bond donors (Lipinski definition) is 2. The van der Waals surface area contributed by atoms with Gasteiger partial charge in [0.15, 0.2) is 5.13 Å². The summed E-state index contributed by atoms with van der Waals surface area (Å²) in [4.78, 5) is 14.2. The Balaban J connectivity index is 1.76. The fourth-order valence-electron chi connectivity index (χ4n) is 2.24. The number of nitrogens with one attached hydrogen (secondary N) is 2. The summed E-state index contributed by atoms with van der Waals surface area (Å²) in [5.74, 6) is 0.911. The molecule has 0 saturated heterocycles. The molecule has 0 unspecified atom stereocenters. The standard InChI is InChI=1S/C16H19N5S/c1-21(2)16-20-13(11-22-16)10-19-14(15-17-8-9-18-15)12-6-4-3-5-7-12/h3-9,11,14,19H,10H2,1-2H3,(H,17,18)/t14-/m1/s1. The van der Waals surface area contributed by atoms with Crippen molar-refractivity contribution in [1.82, 2.24) is 20.3 Å². The molecule has 0 aliphatic rings. The first-order chi connectivity index (χ1) is 10.7. The highest BCUT2D eigenvalue weighted by atomic mass is 32.1. The summed E-state index contributed by atoms with van der Waals surface area (Å²) in [5.41, 5.74) is 2.22. The van der Waals surface area contributed by atoms with Crippen LogP contribution in [-0.2, 0) is 6.54 Å². The van der Waals surface area contributed by atoms with Gasteiger partial charge in [-0.1, -0.05) is 30.3 Å². The molecule has 2 heterocycles. The molecule has 3 aromatic rings. The Hall–Kier alpha value is -2.18. The molecule has 3 rings (SSSR count). The molecule has 5 nitrogen and oxygen atoms in total. The van der Waals surface area contributed by atoms with Gasteiger partial charge in [0.05, 0.1) is 11.7 Å². The van der Waals surface area contributed by atoms with Crippen molar-refractivity contribution in [3.05, 3.63) is 65.2 Å². The first-order valence-corrected chi connectivity index (χ1v) is 8.01. The van der Waals surface area contributed by atoms with E-state index in [2.05, 4.69) is 37.8 Å². The van der Waals surface area contributed by atoms with Crippen molar-refractivity contribution < 1.29 is 0 Å². The summed E-state index contributed by atoms with van der Waals surface area (Å²) >= 11 is 1.65. The molecule has 0 aliphatic carbocycles. The van der Waals surface area contributed by atoms with Crippen molar-refractivity contribution >= 4 is 16.5 Å². The molecule has 22 heavy (non-hydrogen) atoms. The third-order valence-electron chi connectivity index (χ3n) is 3.34. The number of hydrogen-bond acceptors (Lipinski definition) is 5. The Morgan fingerprint density at radius 1 is 1.27 bits per heavy atom. The number of aromatic amines is 1. The van der Waals surface area contributed by atoms with E-state index >= 15 is 0 Å². The highest BCUT2D eigenvalue weighted by molar-refractivity contribution is 7.13. The molecule has 0 amide bonds. The lowest BCUT2D eigenvalue weighted by molar-refractivity contribution is 0.575. The number of benzene rings is 1. The predicted octanol–water partition coefficient (Wildman–Crippen LogP) is 2.81. The zero-order valence-electron chi connectivity index (χ0n) is 12.7. The zero-order valence-corrected chi connectivity index (χ0v) is 13.5. The van der Waals surface area contributed by atoms with Gasteiger partial charge in [-0.05, 0) is 5.56 Å². The molecular formula is C16H19N5S. The van der Waals surface area contributed by atoms with Crippen molar-refractivity contribution in [2.45, 2.75) is 12.6 Å². The topological polar surface area (TPSA) is 56.8 Å². The van der Waals surface area contributed by atoms with Crippen molar-refractivity contribution in [3.63, 3.8) is 0 Å². The normalized spacial score (nSPS) is 12.3. The highest BCUT2D eigenvalue weighted by Gasteiger charge is 2.16. The number of anilines is 1. The Labute approximate surface area is 134 Å². The van der Waals surface area contributed by atoms with Crippen LogP contribution in [0.15, 0.2) is 48.1 Å². The number of imidazole rings is 1. The van der Waals surface area contributed by atoms with Crippen LogP contribution in [0.2, 0.25) is 0 Å². The summed E-state index contributed by atoms with van der Waals surface area (Å²) in [5, 5.41) is 6.65. The van der Waals surface area contributed by atoms with Gasteiger partial charge in [-0.25, -0.2) is 9.97 Å². The maximum Gasteiger partial charge on any atom is 0.185 e. The lowest BCUT2D eigenvalue weighted by Crippen LogP contribution is -2.23. The second-order valence-corrected chi connectivity index (χ2v) is 6.05. The van der Waals surface area contributed by atoms with Gasteiger partial charge >= 0.3 is 0 Å². The molecule has 0 spiro atoms. The second-order valence-electron chi connectivity index (χ2n) is 5.21. The van der Waals surface area contributed by atoms with Crippen LogP contribution >= 0.6 is 11.3 Å². The van der Waals surface area contributed by atoms with Gasteiger partial charge in [0.1, 0.15) is 5.82 Å². The lowest BCUT2D eigenvalue weighted by Gasteiger charge is -2.16. The maximum atomic E-state index is 4.61. The van der Waals surface area contributed by atoms with Crippen LogP contribution in [0.5, 0.6) is 0 Å². The molecule has 0 bridgehead atoms. The van der Waals surface area contributed by atoms with Gasteiger partial charge < -0.3 is 9.88 Å². The minimum atomic E-state index is 0.0284. The largest absolute Gasteiger partial charge is 0.354 e. The first-order valence-electron chi connectivity index (χ1n) is 7.13. The van der Waals surface area contributed by atoms with E-state index in [4.69, 9.17) is 0 Å². The van der Waals surface area contributed by atoms with E-state index < -0.39 is 0 Å². The molecule has 0 fully saturated rings. The van der Waals surface area contributed by atoms with Crippen LogP contribution in [0.1, 0.15) is 23.1 Å². The fraction of sp³-hybridized carbons (Fsp3) is 0.250. The molecule has 0 radical (unpaired) electrons. The lowest BCUT2D eigenvalue weighted by atomic mass is 10.1. The van der Waals surface area contributed by atoms with Crippen LogP contribution in [0.3, 0.4) is 0 Å². The smallest absolute Gasteiger partial charge is 0.185 e. The molecule has 1 atom stereocenters. The van der Waals surface area contributed by atoms with E-state index in [1.54, 1.807) is 17.5 Å². The van der Waals surface area contributed by atoms with Crippen molar-refractivity contribution in [2.75, 3.05) is 19.0 Å². The van der Waals surface area contributed by atoms with Crippen LogP contribution in [0.25, 0.3) is 0 Å². The van der Waals surface area contributed by atoms with Gasteiger partial charge in [0, 0.05) is 38.4 Å². The minimum Gasteiger partial charge on any atom is -0.354 e. The van der Waals surface area contributed by atoms with Crippen LogP contribution < -0.4 is 10.2 Å². The predicted molar refractivity (Wildman–Crippen MR) is 90.2 cm³/mol. The van der Waals surface area contributed by atoms with Gasteiger partial charge in [-0.3, -0.25) is 5.32 Å². The molecule has 2 N–H and O–H groups in total. The second kappa shape index (κ2) is 6.72. The Bertz CT molecular complexity index is 690. The van der Waals surface area contributed by atoms with Gasteiger partial charge in [0.25, 0.3) is 0 Å². The maximum absolute atomic E-state index is 4.61. The molecule has 0 saturated carbocycles. The van der Waals surface area contributed by atoms with E-state index in [0.717, 1.165) is 16.6 Å². The van der Waals surface area contributed by atoms with Crippen LogP contribution in [0.4, 0.5) is 5.13 Å². The Morgan fingerprint density at radius 3 is 2.73 bits per heavy atom. The van der Waals surface area contributed by atoms with Crippen LogP contribution in [-0.4, -0.2) is 29.0 Å². The number of aromatic nitrogens is 3. The first kappa shape index (κ1) is 14.7. The Kier molecular flexibility index (Phi) is 4.50. The molecule has 1 aromatic carbocycles. The van der Waals surface area contributed by atoms with E-state index in [-0.39, 0.29) is 6.04 Å². The number of H-pyrrole nitrogens is 1. The summed E-state index contributed by atoms with van der Waals surface area (Å²) in [6.45, 7) is 0.699. The van der Waals surface area contributed by atoms with E-state index in [1.165, 1.54) is 5.56 Å². The zero-order chi connectivity index (χ0) is 15.4. The van der Waals surface area contributed by atoms with Crippen LogP contribution in [0, 0.1) is 0 Å². The third-order valence-corrected chi connectivity index (χ3v) is 4.39. The van der Waals surface area contributed by atoms with E-state index in [0.29, 0.717) is 6.54 Å². The van der Waals surface area contributed by atoms with Gasteiger partial charge in [0.2, 0.25) is 0 Å². The van der Waals surface area contributed by atoms with Gasteiger partial charge in [-0.2, -0.15) is 0 Å². The number of thiazole rings is 1. The van der Waals surface area contributed by atoms with E-state index in [9.17, 15) is 0 Å².